The molecule has 0 spiro atoms. The van der Waals surface area contributed by atoms with E-state index in [1.165, 1.54) is 44.5 Å². The Morgan fingerprint density at radius 3 is 0.630 bits per heavy atom. The molecular weight excluding hydrogens is 1060 g/mol. The van der Waals surface area contributed by atoms with Crippen molar-refractivity contribution < 1.29 is 76.5 Å². The zero-order valence-electron chi connectivity index (χ0n) is 31.9. The molecule has 6 heteroatoms. The van der Waals surface area contributed by atoms with Crippen molar-refractivity contribution in [1.82, 2.24) is 0 Å². The third-order valence-corrected chi connectivity index (χ3v) is 7.12. The van der Waals surface area contributed by atoms with Gasteiger partial charge in [-0.3, -0.25) is 0 Å². The number of rotatable bonds is 4. The molecule has 0 saturated carbocycles. The average molecular weight is 1110 g/mol. The second-order valence-corrected chi connectivity index (χ2v) is 13.7. The van der Waals surface area contributed by atoms with E-state index in [9.17, 15) is 0 Å². The zero-order chi connectivity index (χ0) is 35.5. The summed E-state index contributed by atoms with van der Waals surface area (Å²) in [5.41, 5.74) is 9.97. The predicted molar refractivity (Wildman–Crippen MR) is 225 cm³/mol. The average Bonchev–Trinajstić information content (AvgIpc) is 4.03. The molecule has 0 heterocycles. The van der Waals surface area contributed by atoms with Crippen molar-refractivity contribution in [2.75, 3.05) is 0 Å². The first-order valence-corrected chi connectivity index (χ1v) is 22.1. The van der Waals surface area contributed by atoms with Crippen molar-refractivity contribution in [1.29, 1.82) is 0 Å². The molecule has 0 unspecified atom stereocenters. The minimum absolute atomic E-state index is 0. The molecule has 8 rings (SSSR count). The van der Waals surface area contributed by atoms with E-state index in [-0.39, 0.29) is 76.5 Å². The summed E-state index contributed by atoms with van der Waals surface area (Å²) in [6.07, 6.45) is 34.0. The predicted octanol–water partition coefficient (Wildman–Crippen LogP) is 6.37. The Bertz CT molecular complexity index is 1490. The quantitative estimate of drug-likeness (QED) is 0.165. The molecule has 0 amide bonds. The van der Waals surface area contributed by atoms with E-state index in [1.807, 2.05) is 24.3 Å². The van der Waals surface area contributed by atoms with Gasteiger partial charge in [-0.15, -0.1) is 95.1 Å². The van der Waals surface area contributed by atoms with Crippen molar-refractivity contribution in [3.05, 3.63) is 216 Å². The molecule has 0 aromatic heterocycles. The third-order valence-electron chi connectivity index (χ3n) is 7.12. The van der Waals surface area contributed by atoms with Gasteiger partial charge in [-0.2, -0.15) is 70.9 Å². The van der Waals surface area contributed by atoms with E-state index in [0.29, 0.717) is 0 Å². The van der Waals surface area contributed by atoms with Gasteiger partial charge in [-0.05, 0) is 0 Å². The standard InChI is InChI=1S/4C11H9.2C2H7Si.2ClH.2Hf/c4*1-2-6-10(7-3-1)11-8-4-5-9-11;2*1-3-2;;;;/h4*1-4,6-8H,5H2;2*3H,1-2H3;2*1H;;/q4*-1;;;;;;/p-2. The molecule has 0 saturated heterocycles. The van der Waals surface area contributed by atoms with Crippen molar-refractivity contribution in [3.8, 4) is 0 Å². The Morgan fingerprint density at radius 2 is 0.500 bits per heavy atom. The van der Waals surface area contributed by atoms with Gasteiger partial charge in [-0.25, -0.2) is 0 Å². The van der Waals surface area contributed by atoms with E-state index in [2.05, 4.69) is 196 Å². The monoisotopic (exact) mass is 1110 g/mol. The van der Waals surface area contributed by atoms with Crippen LogP contribution in [0.2, 0.25) is 26.2 Å². The summed E-state index contributed by atoms with van der Waals surface area (Å²) in [6.45, 7) is 8.83. The summed E-state index contributed by atoms with van der Waals surface area (Å²) in [6, 6.07) is 41.4. The van der Waals surface area contributed by atoms with Crippen LogP contribution < -0.4 is 24.8 Å². The molecule has 0 bridgehead atoms. The van der Waals surface area contributed by atoms with Crippen LogP contribution in [-0.2, 0) is 51.7 Å². The van der Waals surface area contributed by atoms with Gasteiger partial charge in [-0.1, -0.05) is 125 Å². The van der Waals surface area contributed by atoms with Gasteiger partial charge >= 0.3 is 0 Å². The first-order chi connectivity index (χ1) is 24.7. The van der Waals surface area contributed by atoms with Crippen LogP contribution in [-0.4, -0.2) is 19.0 Å². The van der Waals surface area contributed by atoms with Crippen molar-refractivity contribution in [2.24, 2.45) is 0 Å². The molecular formula is C48H50Cl2Hf2Si2-6. The van der Waals surface area contributed by atoms with E-state index in [4.69, 9.17) is 0 Å². The number of benzene rings is 4. The SMILES string of the molecule is C[SiH]C.C[SiH]C.[C-]1=C(c2ccccc2)C=CC1.[C-]1=C(c2ccccc2)C=CC1.[C-]1=C(c2ccccc2)C=CC1.[C-]1=C(c2ccccc2)C=CC1.[Cl-].[Cl-].[Hf].[Hf]. The fourth-order valence-corrected chi connectivity index (χ4v) is 4.88. The number of hydrogen-bond acceptors (Lipinski definition) is 0. The molecule has 0 fully saturated rings. The first kappa shape index (κ1) is 53.7. The molecule has 4 aromatic rings. The molecule has 0 aliphatic heterocycles. The van der Waals surface area contributed by atoms with Crippen LogP contribution in [0.25, 0.3) is 22.3 Å². The summed E-state index contributed by atoms with van der Waals surface area (Å²) in [7, 11) is 1.50. The summed E-state index contributed by atoms with van der Waals surface area (Å²) < 4.78 is 0. The van der Waals surface area contributed by atoms with Gasteiger partial charge in [0.05, 0.1) is 0 Å². The van der Waals surface area contributed by atoms with Gasteiger partial charge in [0, 0.05) is 70.7 Å². The smallest absolute Gasteiger partial charge is 0.0213 e. The Hall–Kier alpha value is -2.45. The van der Waals surface area contributed by atoms with Crippen molar-refractivity contribution in [3.63, 3.8) is 0 Å². The van der Waals surface area contributed by atoms with Crippen LogP contribution in [0.3, 0.4) is 0 Å². The number of hydrogen-bond donors (Lipinski definition) is 0. The minimum atomic E-state index is 0. The van der Waals surface area contributed by atoms with E-state index in [0.717, 1.165) is 44.7 Å². The molecule has 0 nitrogen and oxygen atoms in total. The van der Waals surface area contributed by atoms with Gasteiger partial charge in [0.1, 0.15) is 0 Å². The molecule has 4 aliphatic rings. The second kappa shape index (κ2) is 35.0. The van der Waals surface area contributed by atoms with Crippen LogP contribution in [0, 0.1) is 24.3 Å². The molecule has 278 valence electrons. The fourth-order valence-electron chi connectivity index (χ4n) is 4.88. The molecule has 2 radical (unpaired) electrons. The van der Waals surface area contributed by atoms with Gasteiger partial charge in [0.25, 0.3) is 0 Å². The molecule has 4 aromatic carbocycles. The Balaban J connectivity index is 0. The van der Waals surface area contributed by atoms with Gasteiger partial charge in [0.2, 0.25) is 0 Å². The Labute approximate surface area is 382 Å². The third kappa shape index (κ3) is 21.6. The van der Waals surface area contributed by atoms with Crippen LogP contribution in [0.1, 0.15) is 47.9 Å². The van der Waals surface area contributed by atoms with Crippen LogP contribution in [0.15, 0.2) is 170 Å². The number of halogens is 2. The van der Waals surface area contributed by atoms with E-state index < -0.39 is 0 Å². The summed E-state index contributed by atoms with van der Waals surface area (Å²) in [5.74, 6) is 0. The molecule has 4 aliphatic carbocycles. The first-order valence-electron chi connectivity index (χ1n) is 17.5. The maximum absolute atomic E-state index is 3.28. The largest absolute Gasteiger partial charge is 1.00 e. The minimum Gasteiger partial charge on any atom is -1.00 e. The van der Waals surface area contributed by atoms with Crippen LogP contribution in [0.4, 0.5) is 0 Å². The zero-order valence-corrected chi connectivity index (χ0v) is 42.9. The number of allylic oxidation sites excluding steroid dienone is 16. The van der Waals surface area contributed by atoms with Gasteiger partial charge in [0.15, 0.2) is 0 Å². The van der Waals surface area contributed by atoms with E-state index >= 15 is 0 Å². The van der Waals surface area contributed by atoms with Crippen molar-refractivity contribution >= 4 is 41.3 Å². The summed E-state index contributed by atoms with van der Waals surface area (Å²) in [5, 5.41) is 0. The maximum Gasteiger partial charge on any atom is 0.0213 e. The second-order valence-electron chi connectivity index (χ2n) is 11.4. The molecule has 54 heavy (non-hydrogen) atoms. The summed E-state index contributed by atoms with van der Waals surface area (Å²) in [4.78, 5) is 0. The maximum atomic E-state index is 3.28. The molecule has 0 atom stereocenters. The van der Waals surface area contributed by atoms with Crippen molar-refractivity contribution in [2.45, 2.75) is 51.9 Å². The van der Waals surface area contributed by atoms with Gasteiger partial charge < -0.3 is 24.8 Å². The fraction of sp³-hybridized carbons (Fsp3) is 0.167. The Kier molecular flexibility index (Phi) is 34.8. The summed E-state index contributed by atoms with van der Waals surface area (Å²) >= 11 is 0. The normalized spacial score (nSPS) is 13.0. The van der Waals surface area contributed by atoms with Crippen LogP contribution >= 0.6 is 0 Å². The van der Waals surface area contributed by atoms with E-state index in [1.54, 1.807) is 0 Å². The topological polar surface area (TPSA) is 0 Å². The molecule has 0 N–H and O–H groups in total. The Morgan fingerprint density at radius 1 is 0.333 bits per heavy atom. The van der Waals surface area contributed by atoms with Crippen LogP contribution in [0.5, 0.6) is 0 Å².